The first-order valence-electron chi connectivity index (χ1n) is 11.6. The molecule has 0 saturated carbocycles. The van der Waals surface area contributed by atoms with Gasteiger partial charge in [0.2, 0.25) is 0 Å². The minimum Gasteiger partial charge on any atom is -0.383 e. The number of benzene rings is 2. The number of nitrogens with two attached hydrogens (primary N) is 1. The summed E-state index contributed by atoms with van der Waals surface area (Å²) in [7, 11) is 0. The van der Waals surface area contributed by atoms with Crippen molar-refractivity contribution in [1.29, 1.82) is 5.41 Å². The maximum atomic E-state index is 12.9. The summed E-state index contributed by atoms with van der Waals surface area (Å²) in [5.74, 6) is 0.355. The maximum Gasteiger partial charge on any atom is 0.269 e. The molecular formula is C28H29N7O. The lowest BCUT2D eigenvalue weighted by atomic mass is 10.00. The van der Waals surface area contributed by atoms with Crippen LogP contribution in [0.15, 0.2) is 79.3 Å². The van der Waals surface area contributed by atoms with Crippen LogP contribution in [0.25, 0.3) is 11.1 Å². The van der Waals surface area contributed by atoms with E-state index in [1.807, 2.05) is 81.4 Å². The van der Waals surface area contributed by atoms with E-state index in [1.54, 1.807) is 12.3 Å². The van der Waals surface area contributed by atoms with E-state index < -0.39 is 5.54 Å². The van der Waals surface area contributed by atoms with Crippen molar-refractivity contribution in [3.8, 4) is 11.1 Å². The quantitative estimate of drug-likeness (QED) is 0.276. The summed E-state index contributed by atoms with van der Waals surface area (Å²) in [5.41, 5.74) is 10.3. The zero-order valence-electron chi connectivity index (χ0n) is 20.5. The first-order valence-corrected chi connectivity index (χ1v) is 11.6. The highest BCUT2D eigenvalue weighted by molar-refractivity contribution is 6.16. The zero-order chi connectivity index (χ0) is 25.7. The van der Waals surface area contributed by atoms with Gasteiger partial charge in [-0.3, -0.25) is 15.2 Å². The van der Waals surface area contributed by atoms with Gasteiger partial charge in [-0.15, -0.1) is 0 Å². The second-order valence-electron chi connectivity index (χ2n) is 9.21. The molecule has 0 bridgehead atoms. The highest BCUT2D eigenvalue weighted by atomic mass is 16.1. The highest BCUT2D eigenvalue weighted by Crippen LogP contribution is 2.24. The molecule has 36 heavy (non-hydrogen) atoms. The average Bonchev–Trinajstić information content (AvgIpc) is 2.88. The number of nitrogens with one attached hydrogen (secondary N) is 3. The molecule has 0 unspecified atom stereocenters. The van der Waals surface area contributed by atoms with E-state index in [2.05, 4.69) is 25.6 Å². The van der Waals surface area contributed by atoms with Crippen molar-refractivity contribution >= 4 is 23.3 Å². The van der Waals surface area contributed by atoms with Crippen LogP contribution in [0.5, 0.6) is 0 Å². The molecule has 0 fully saturated rings. The lowest BCUT2D eigenvalue weighted by Crippen LogP contribution is -2.44. The van der Waals surface area contributed by atoms with Crippen molar-refractivity contribution in [2.75, 3.05) is 17.6 Å². The number of rotatable bonds is 8. The number of pyridine rings is 1. The van der Waals surface area contributed by atoms with E-state index in [9.17, 15) is 4.79 Å². The summed E-state index contributed by atoms with van der Waals surface area (Å²) in [6.45, 7) is 6.13. The Labute approximate surface area is 210 Å². The molecule has 2 aromatic heterocycles. The summed E-state index contributed by atoms with van der Waals surface area (Å²) >= 11 is 0. The van der Waals surface area contributed by atoms with Crippen LogP contribution in [0.1, 0.15) is 41.0 Å². The third kappa shape index (κ3) is 5.72. The molecule has 2 aromatic carbocycles. The highest BCUT2D eigenvalue weighted by Gasteiger charge is 2.24. The average molecular weight is 480 g/mol. The fraction of sp³-hybridized carbons (Fsp3) is 0.179. The van der Waals surface area contributed by atoms with Crippen molar-refractivity contribution in [3.63, 3.8) is 0 Å². The third-order valence-electron chi connectivity index (χ3n) is 5.71. The lowest BCUT2D eigenvalue weighted by Gasteiger charge is -2.28. The van der Waals surface area contributed by atoms with Crippen molar-refractivity contribution in [2.24, 2.45) is 0 Å². The second-order valence-corrected chi connectivity index (χ2v) is 9.21. The number of carbonyl (C=O) groups is 1. The Morgan fingerprint density at radius 2 is 1.69 bits per heavy atom. The van der Waals surface area contributed by atoms with Crippen LogP contribution in [0, 0.1) is 12.3 Å². The number of nitrogens with zero attached hydrogens (tertiary/aromatic N) is 3. The van der Waals surface area contributed by atoms with Gasteiger partial charge < -0.3 is 16.4 Å². The van der Waals surface area contributed by atoms with Crippen molar-refractivity contribution < 1.29 is 4.79 Å². The Morgan fingerprint density at radius 1 is 0.972 bits per heavy atom. The van der Waals surface area contributed by atoms with Crippen molar-refractivity contribution in [2.45, 2.75) is 26.3 Å². The van der Waals surface area contributed by atoms with Gasteiger partial charge >= 0.3 is 0 Å². The lowest BCUT2D eigenvalue weighted by molar-refractivity contribution is 0.0942. The van der Waals surface area contributed by atoms with E-state index in [0.29, 0.717) is 22.6 Å². The van der Waals surface area contributed by atoms with Gasteiger partial charge in [0.15, 0.2) is 0 Å². The molecule has 1 amide bonds. The van der Waals surface area contributed by atoms with Gasteiger partial charge in [-0.05, 0) is 44.0 Å². The minimum absolute atomic E-state index is 0.208. The molecule has 182 valence electrons. The van der Waals surface area contributed by atoms with E-state index in [-0.39, 0.29) is 24.0 Å². The third-order valence-corrected chi connectivity index (χ3v) is 5.71. The molecule has 0 aliphatic heterocycles. The number of hydrogen-bond donors (Lipinski definition) is 4. The van der Waals surface area contributed by atoms with E-state index in [1.165, 1.54) is 6.33 Å². The smallest absolute Gasteiger partial charge is 0.269 e. The number of amides is 1. The van der Waals surface area contributed by atoms with Crippen LogP contribution in [-0.2, 0) is 0 Å². The topological polar surface area (TPSA) is 130 Å². The second kappa shape index (κ2) is 10.4. The van der Waals surface area contributed by atoms with E-state index in [4.69, 9.17) is 11.1 Å². The number of hydrogen-bond acceptors (Lipinski definition) is 7. The van der Waals surface area contributed by atoms with Crippen LogP contribution >= 0.6 is 0 Å². The maximum absolute atomic E-state index is 12.9. The minimum atomic E-state index is -0.615. The summed E-state index contributed by atoms with van der Waals surface area (Å²) in [4.78, 5) is 25.6. The van der Waals surface area contributed by atoms with Gasteiger partial charge in [-0.1, -0.05) is 60.2 Å². The van der Waals surface area contributed by atoms with Gasteiger partial charge in [0, 0.05) is 18.3 Å². The number of anilines is 2. The predicted molar refractivity (Wildman–Crippen MR) is 143 cm³/mol. The van der Waals surface area contributed by atoms with Gasteiger partial charge in [-0.25, -0.2) is 9.97 Å². The molecule has 8 heteroatoms. The standard InChI is InChI=1S/C28H29N7O/c1-18-9-11-20(12-10-18)24(29)23-25(30)33-17-34-26(23)35-28(2,3)16-32-27(36)22-15-21(13-14-31-22)19-7-5-4-6-8-19/h4-15,17,29H,16H2,1-3H3,(H,32,36)(H3,30,33,34,35). The van der Waals surface area contributed by atoms with Gasteiger partial charge in [0.25, 0.3) is 5.91 Å². The van der Waals surface area contributed by atoms with Crippen LogP contribution in [0.4, 0.5) is 11.6 Å². The van der Waals surface area contributed by atoms with Crippen LogP contribution in [0.3, 0.4) is 0 Å². The molecular weight excluding hydrogens is 450 g/mol. The Balaban J connectivity index is 1.48. The molecule has 8 nitrogen and oxygen atoms in total. The van der Waals surface area contributed by atoms with Gasteiger partial charge in [0.1, 0.15) is 23.7 Å². The van der Waals surface area contributed by atoms with Crippen LogP contribution < -0.4 is 16.4 Å². The molecule has 0 atom stereocenters. The molecule has 0 saturated heterocycles. The van der Waals surface area contributed by atoms with Crippen molar-refractivity contribution in [3.05, 3.63) is 102 Å². The number of carbonyl (C=O) groups excluding carboxylic acids is 1. The van der Waals surface area contributed by atoms with Crippen molar-refractivity contribution in [1.82, 2.24) is 20.3 Å². The molecule has 2 heterocycles. The number of aryl methyl sites for hydroxylation is 1. The van der Waals surface area contributed by atoms with Gasteiger partial charge in [-0.2, -0.15) is 0 Å². The fourth-order valence-corrected chi connectivity index (χ4v) is 3.73. The summed E-state index contributed by atoms with van der Waals surface area (Å²) < 4.78 is 0. The van der Waals surface area contributed by atoms with E-state index >= 15 is 0 Å². The Morgan fingerprint density at radius 3 is 2.42 bits per heavy atom. The molecule has 0 radical (unpaired) electrons. The van der Waals surface area contributed by atoms with Gasteiger partial charge in [0.05, 0.1) is 16.8 Å². The normalized spacial score (nSPS) is 11.1. The number of aromatic nitrogens is 3. The largest absolute Gasteiger partial charge is 0.383 e. The first-order chi connectivity index (χ1) is 17.2. The number of nitrogen functional groups attached to an aromatic ring is 1. The molecule has 0 aliphatic rings. The van der Waals surface area contributed by atoms with Crippen LogP contribution in [0.2, 0.25) is 0 Å². The van der Waals surface area contributed by atoms with E-state index in [0.717, 1.165) is 16.7 Å². The fourth-order valence-electron chi connectivity index (χ4n) is 3.73. The summed E-state index contributed by atoms with van der Waals surface area (Å²) in [5, 5.41) is 15.0. The monoisotopic (exact) mass is 479 g/mol. The molecule has 0 aliphatic carbocycles. The summed E-state index contributed by atoms with van der Waals surface area (Å²) in [6.07, 6.45) is 2.99. The summed E-state index contributed by atoms with van der Waals surface area (Å²) in [6, 6.07) is 21.1. The predicted octanol–water partition coefficient (Wildman–Crippen LogP) is 4.47. The first kappa shape index (κ1) is 24.5. The Kier molecular flexibility index (Phi) is 7.05. The Bertz CT molecular complexity index is 1380. The Hall–Kier alpha value is -4.59. The zero-order valence-corrected chi connectivity index (χ0v) is 20.5. The van der Waals surface area contributed by atoms with Crippen LogP contribution in [-0.4, -0.2) is 38.7 Å². The molecule has 5 N–H and O–H groups in total. The SMILES string of the molecule is Cc1ccc(C(=N)c2c(N)ncnc2NC(C)(C)CNC(=O)c2cc(-c3ccccc3)ccn2)cc1. The molecule has 4 aromatic rings. The molecule has 4 rings (SSSR count). The molecule has 0 spiro atoms.